The number of benzene rings is 1. The van der Waals surface area contributed by atoms with E-state index in [2.05, 4.69) is 6.58 Å². The fourth-order valence-electron chi connectivity index (χ4n) is 1.80. The Balaban J connectivity index is 2.92. The number of alkyl halides is 1. The van der Waals surface area contributed by atoms with Gasteiger partial charge in [0.25, 0.3) is 0 Å². The lowest BCUT2D eigenvalue weighted by atomic mass is 10.1. The predicted octanol–water partition coefficient (Wildman–Crippen LogP) is 3.65. The lowest BCUT2D eigenvalue weighted by Gasteiger charge is -2.27. The Hall–Kier alpha value is -0.813. The first-order valence-electron chi connectivity index (χ1n) is 6.25. The molecule has 0 spiro atoms. The highest BCUT2D eigenvalue weighted by Crippen LogP contribution is 2.25. The van der Waals surface area contributed by atoms with Gasteiger partial charge in [0.05, 0.1) is 0 Å². The highest BCUT2D eigenvalue weighted by molar-refractivity contribution is 6.61. The first-order valence-corrected chi connectivity index (χ1v) is 8.72. The van der Waals surface area contributed by atoms with Crippen molar-refractivity contribution < 1.29 is 13.3 Å². The third-order valence-electron chi connectivity index (χ3n) is 2.84. The summed E-state index contributed by atoms with van der Waals surface area (Å²) in [6, 6.07) is 8.57. The van der Waals surface area contributed by atoms with Crippen molar-refractivity contribution in [3.8, 4) is 5.75 Å². The molecule has 0 saturated carbocycles. The maximum atomic E-state index is 6.07. The molecule has 19 heavy (non-hydrogen) atoms. The summed E-state index contributed by atoms with van der Waals surface area (Å²) in [7, 11) is 0.566. The minimum Gasteiger partial charge on any atom is -0.500 e. The number of hydrogen-bond acceptors (Lipinski definition) is 3. The van der Waals surface area contributed by atoms with E-state index in [1.807, 2.05) is 30.3 Å². The van der Waals surface area contributed by atoms with Crippen LogP contribution < -0.4 is 4.43 Å². The van der Waals surface area contributed by atoms with Crippen LogP contribution in [0.3, 0.4) is 0 Å². The van der Waals surface area contributed by atoms with Gasteiger partial charge in [-0.25, -0.2) is 0 Å². The van der Waals surface area contributed by atoms with E-state index < -0.39 is 8.80 Å². The first kappa shape index (κ1) is 16.2. The average molecular weight is 301 g/mol. The lowest BCUT2D eigenvalue weighted by molar-refractivity contribution is 0.160. The maximum Gasteiger partial charge on any atom is 0.565 e. The molecule has 3 nitrogen and oxygen atoms in total. The van der Waals surface area contributed by atoms with Crippen molar-refractivity contribution in [2.45, 2.75) is 18.9 Å². The van der Waals surface area contributed by atoms with Crippen LogP contribution >= 0.6 is 11.6 Å². The van der Waals surface area contributed by atoms with Gasteiger partial charge >= 0.3 is 8.80 Å². The van der Waals surface area contributed by atoms with E-state index in [-0.39, 0.29) is 0 Å². The summed E-state index contributed by atoms with van der Waals surface area (Å²) in [6.07, 6.45) is 3.41. The van der Waals surface area contributed by atoms with Crippen LogP contribution in [0.15, 0.2) is 36.9 Å². The fourth-order valence-corrected chi connectivity index (χ4v) is 4.15. The predicted molar refractivity (Wildman–Crippen MR) is 80.9 cm³/mol. The third kappa shape index (κ3) is 4.65. The van der Waals surface area contributed by atoms with Crippen LogP contribution in [-0.4, -0.2) is 28.9 Å². The molecule has 0 aromatic heterocycles. The van der Waals surface area contributed by atoms with Crippen molar-refractivity contribution in [3.63, 3.8) is 0 Å². The minimum atomic E-state index is -2.68. The van der Waals surface area contributed by atoms with Crippen molar-refractivity contribution in [3.05, 3.63) is 42.5 Å². The summed E-state index contributed by atoms with van der Waals surface area (Å²) in [5.74, 6) is 1.37. The Bertz CT molecular complexity index is 394. The van der Waals surface area contributed by atoms with Crippen molar-refractivity contribution >= 4 is 20.4 Å². The Labute approximate surface area is 121 Å². The highest BCUT2D eigenvalue weighted by Gasteiger charge is 2.41. The van der Waals surface area contributed by atoms with E-state index in [0.29, 0.717) is 11.9 Å². The number of halogens is 1. The smallest absolute Gasteiger partial charge is 0.500 e. The van der Waals surface area contributed by atoms with Gasteiger partial charge in [-0.05, 0) is 24.5 Å². The van der Waals surface area contributed by atoms with E-state index in [4.69, 9.17) is 24.9 Å². The molecule has 0 N–H and O–H groups in total. The van der Waals surface area contributed by atoms with Gasteiger partial charge in [-0.1, -0.05) is 24.3 Å². The SMILES string of the molecule is C=CCc1ccccc1O[Si](CCCCl)(OC)OC. The molecule has 1 aromatic rings. The van der Waals surface area contributed by atoms with Gasteiger partial charge in [-0.15, -0.1) is 18.2 Å². The molecule has 106 valence electrons. The molecule has 0 radical (unpaired) electrons. The molecule has 0 aliphatic heterocycles. The molecular formula is C14H21ClO3Si. The second kappa shape index (κ2) is 8.38. The third-order valence-corrected chi connectivity index (χ3v) is 5.85. The van der Waals surface area contributed by atoms with E-state index in [9.17, 15) is 0 Å². The van der Waals surface area contributed by atoms with Crippen LogP contribution in [0.2, 0.25) is 6.04 Å². The molecule has 0 fully saturated rings. The molecule has 0 unspecified atom stereocenters. The van der Waals surface area contributed by atoms with Gasteiger partial charge < -0.3 is 13.3 Å². The zero-order valence-corrected chi connectivity index (χ0v) is 13.3. The number of hydrogen-bond donors (Lipinski definition) is 0. The molecule has 0 atom stereocenters. The Morgan fingerprint density at radius 3 is 2.53 bits per heavy atom. The van der Waals surface area contributed by atoms with Crippen LogP contribution in [0.4, 0.5) is 0 Å². The van der Waals surface area contributed by atoms with Gasteiger partial charge in [0.15, 0.2) is 0 Å². The second-order valence-electron chi connectivity index (χ2n) is 4.09. The summed E-state index contributed by atoms with van der Waals surface area (Å²) in [6.45, 7) is 3.76. The van der Waals surface area contributed by atoms with Gasteiger partial charge in [0.1, 0.15) is 5.75 Å². The van der Waals surface area contributed by atoms with Crippen LogP contribution in [0, 0.1) is 0 Å². The standard InChI is InChI=1S/C14H21ClO3Si/c1-4-8-13-9-5-6-10-14(13)18-19(16-2,17-3)12-7-11-15/h4-6,9-10H,1,7-8,11-12H2,2-3H3. The zero-order valence-electron chi connectivity index (χ0n) is 11.5. The Morgan fingerprint density at radius 2 is 1.95 bits per heavy atom. The molecule has 5 heteroatoms. The van der Waals surface area contributed by atoms with Gasteiger partial charge in [0, 0.05) is 26.1 Å². The van der Waals surface area contributed by atoms with Crippen LogP contribution in [-0.2, 0) is 15.3 Å². The summed E-state index contributed by atoms with van der Waals surface area (Å²) >= 11 is 5.75. The topological polar surface area (TPSA) is 27.7 Å². The van der Waals surface area contributed by atoms with Gasteiger partial charge in [-0.3, -0.25) is 0 Å². The number of para-hydroxylation sites is 1. The fraction of sp³-hybridized carbons (Fsp3) is 0.429. The molecule has 1 aromatic carbocycles. The quantitative estimate of drug-likeness (QED) is 0.396. The summed E-state index contributed by atoms with van der Waals surface area (Å²) in [5, 5.41) is 0. The number of allylic oxidation sites excluding steroid dienone is 1. The van der Waals surface area contributed by atoms with Crippen LogP contribution in [0.5, 0.6) is 5.75 Å². The van der Waals surface area contributed by atoms with Crippen molar-refractivity contribution in [1.29, 1.82) is 0 Å². The Morgan fingerprint density at radius 1 is 1.26 bits per heavy atom. The summed E-state index contributed by atoms with van der Waals surface area (Å²) < 4.78 is 17.1. The normalized spacial score (nSPS) is 11.3. The van der Waals surface area contributed by atoms with Crippen LogP contribution in [0.1, 0.15) is 12.0 Å². The first-order chi connectivity index (χ1) is 9.21. The Kier molecular flexibility index (Phi) is 7.16. The van der Waals surface area contributed by atoms with E-state index in [0.717, 1.165) is 24.2 Å². The van der Waals surface area contributed by atoms with Crippen molar-refractivity contribution in [2.24, 2.45) is 0 Å². The van der Waals surface area contributed by atoms with Crippen LogP contribution in [0.25, 0.3) is 0 Å². The zero-order chi connectivity index (χ0) is 14.1. The van der Waals surface area contributed by atoms with E-state index >= 15 is 0 Å². The largest absolute Gasteiger partial charge is 0.565 e. The molecule has 0 heterocycles. The summed E-state index contributed by atoms with van der Waals surface area (Å²) in [5.41, 5.74) is 1.08. The molecule has 0 aliphatic rings. The monoisotopic (exact) mass is 300 g/mol. The van der Waals surface area contributed by atoms with Gasteiger partial charge in [-0.2, -0.15) is 0 Å². The lowest BCUT2D eigenvalue weighted by Crippen LogP contribution is -2.47. The molecule has 0 aliphatic carbocycles. The minimum absolute atomic E-state index is 0.569. The van der Waals surface area contributed by atoms with Crippen molar-refractivity contribution in [1.82, 2.24) is 0 Å². The molecular weight excluding hydrogens is 280 g/mol. The number of rotatable bonds is 9. The van der Waals surface area contributed by atoms with Crippen molar-refractivity contribution in [2.75, 3.05) is 20.1 Å². The molecule has 0 saturated heterocycles. The average Bonchev–Trinajstić information content (AvgIpc) is 2.46. The van der Waals surface area contributed by atoms with Gasteiger partial charge in [0.2, 0.25) is 0 Å². The highest BCUT2D eigenvalue weighted by atomic mass is 35.5. The molecule has 0 bridgehead atoms. The van der Waals surface area contributed by atoms with E-state index in [1.54, 1.807) is 14.2 Å². The second-order valence-corrected chi connectivity index (χ2v) is 7.35. The molecule has 0 amide bonds. The molecule has 1 rings (SSSR count). The maximum absolute atomic E-state index is 6.07. The van der Waals surface area contributed by atoms with E-state index in [1.165, 1.54) is 0 Å². The summed E-state index contributed by atoms with van der Waals surface area (Å²) in [4.78, 5) is 0.